The van der Waals surface area contributed by atoms with Gasteiger partial charge < -0.3 is 10.3 Å². The smallest absolute Gasteiger partial charge is 0.230 e. The number of rotatable bonds is 4. The van der Waals surface area contributed by atoms with Gasteiger partial charge in [-0.15, -0.1) is 10.2 Å². The van der Waals surface area contributed by atoms with Gasteiger partial charge in [0.2, 0.25) is 5.91 Å². The number of amides is 1. The van der Waals surface area contributed by atoms with Crippen molar-refractivity contribution >= 4 is 17.7 Å². The SMILES string of the molecule is CC(Sc1nncn1C(C)C)C(N)=O. The summed E-state index contributed by atoms with van der Waals surface area (Å²) in [5.74, 6) is -0.340. The molecular weight excluding hydrogens is 200 g/mol. The molecule has 0 bridgehead atoms. The first-order valence-corrected chi connectivity index (χ1v) is 5.25. The Labute approximate surface area is 87.1 Å². The summed E-state index contributed by atoms with van der Waals surface area (Å²) in [6.45, 7) is 5.82. The van der Waals surface area contributed by atoms with Gasteiger partial charge in [0.05, 0.1) is 5.25 Å². The van der Waals surface area contributed by atoms with E-state index in [1.165, 1.54) is 11.8 Å². The van der Waals surface area contributed by atoms with E-state index in [0.717, 1.165) is 5.16 Å². The maximum atomic E-state index is 10.9. The molecule has 1 aromatic rings. The van der Waals surface area contributed by atoms with Crippen LogP contribution in [-0.2, 0) is 4.79 Å². The molecule has 0 aromatic carbocycles. The molecule has 78 valence electrons. The highest BCUT2D eigenvalue weighted by atomic mass is 32.2. The Morgan fingerprint density at radius 2 is 2.21 bits per heavy atom. The lowest BCUT2D eigenvalue weighted by atomic mass is 10.4. The lowest BCUT2D eigenvalue weighted by Gasteiger charge is -2.11. The Hall–Kier alpha value is -1.04. The summed E-state index contributed by atoms with van der Waals surface area (Å²) in [6.07, 6.45) is 1.65. The molecule has 1 amide bonds. The summed E-state index contributed by atoms with van der Waals surface area (Å²) in [5.41, 5.74) is 5.16. The van der Waals surface area contributed by atoms with Gasteiger partial charge in [0, 0.05) is 6.04 Å². The van der Waals surface area contributed by atoms with Crippen LogP contribution in [-0.4, -0.2) is 25.9 Å². The average Bonchev–Trinajstić information content (AvgIpc) is 2.52. The maximum absolute atomic E-state index is 10.9. The van der Waals surface area contributed by atoms with Gasteiger partial charge in [0.25, 0.3) is 0 Å². The molecule has 1 atom stereocenters. The van der Waals surface area contributed by atoms with Crippen LogP contribution in [0.2, 0.25) is 0 Å². The fourth-order valence-electron chi connectivity index (χ4n) is 0.887. The van der Waals surface area contributed by atoms with Crippen molar-refractivity contribution in [3.8, 4) is 0 Å². The van der Waals surface area contributed by atoms with E-state index in [1.807, 2.05) is 18.4 Å². The lowest BCUT2D eigenvalue weighted by molar-refractivity contribution is -0.117. The van der Waals surface area contributed by atoms with Crippen LogP contribution in [0.4, 0.5) is 0 Å². The fourth-order valence-corrected chi connectivity index (χ4v) is 1.79. The Morgan fingerprint density at radius 1 is 1.57 bits per heavy atom. The largest absolute Gasteiger partial charge is 0.369 e. The van der Waals surface area contributed by atoms with Crippen LogP contribution in [0.3, 0.4) is 0 Å². The Balaban J connectivity index is 2.76. The van der Waals surface area contributed by atoms with Crippen LogP contribution in [0.15, 0.2) is 11.5 Å². The van der Waals surface area contributed by atoms with E-state index in [4.69, 9.17) is 5.73 Å². The van der Waals surface area contributed by atoms with Gasteiger partial charge in [-0.05, 0) is 20.8 Å². The summed E-state index contributed by atoms with van der Waals surface area (Å²) in [7, 11) is 0. The fraction of sp³-hybridized carbons (Fsp3) is 0.625. The summed E-state index contributed by atoms with van der Waals surface area (Å²) in [6, 6.07) is 0.285. The highest BCUT2D eigenvalue weighted by Crippen LogP contribution is 2.22. The van der Waals surface area contributed by atoms with Gasteiger partial charge in [-0.3, -0.25) is 4.79 Å². The van der Waals surface area contributed by atoms with Crippen molar-refractivity contribution in [1.82, 2.24) is 14.8 Å². The van der Waals surface area contributed by atoms with Crippen molar-refractivity contribution in [1.29, 1.82) is 0 Å². The highest BCUT2D eigenvalue weighted by Gasteiger charge is 2.15. The molecule has 1 rings (SSSR count). The third-order valence-corrected chi connectivity index (χ3v) is 2.87. The first-order valence-electron chi connectivity index (χ1n) is 4.38. The molecule has 0 aliphatic rings. The van der Waals surface area contributed by atoms with E-state index in [9.17, 15) is 4.79 Å². The van der Waals surface area contributed by atoms with Crippen LogP contribution in [0.1, 0.15) is 26.8 Å². The van der Waals surface area contributed by atoms with Crippen molar-refractivity contribution in [2.45, 2.75) is 37.2 Å². The zero-order valence-electron chi connectivity index (χ0n) is 8.47. The zero-order chi connectivity index (χ0) is 10.7. The second kappa shape index (κ2) is 4.45. The van der Waals surface area contributed by atoms with Gasteiger partial charge in [-0.25, -0.2) is 0 Å². The minimum absolute atomic E-state index is 0.281. The number of thioether (sulfide) groups is 1. The molecular formula is C8H14N4OS. The number of hydrogen-bond donors (Lipinski definition) is 1. The molecule has 2 N–H and O–H groups in total. The molecule has 0 saturated heterocycles. The number of nitrogens with two attached hydrogens (primary N) is 1. The number of carbonyl (C=O) groups is 1. The summed E-state index contributed by atoms with van der Waals surface area (Å²) < 4.78 is 1.91. The van der Waals surface area contributed by atoms with Crippen molar-refractivity contribution < 1.29 is 4.79 Å². The van der Waals surface area contributed by atoms with Gasteiger partial charge >= 0.3 is 0 Å². The normalized spacial score (nSPS) is 13.1. The molecule has 1 unspecified atom stereocenters. The van der Waals surface area contributed by atoms with Crippen molar-refractivity contribution in [2.24, 2.45) is 5.73 Å². The highest BCUT2D eigenvalue weighted by molar-refractivity contribution is 8.00. The third kappa shape index (κ3) is 2.47. The van der Waals surface area contributed by atoms with E-state index in [2.05, 4.69) is 10.2 Å². The van der Waals surface area contributed by atoms with Crippen molar-refractivity contribution in [2.75, 3.05) is 0 Å². The molecule has 1 aromatic heterocycles. The molecule has 0 saturated carbocycles. The molecule has 0 aliphatic carbocycles. The zero-order valence-corrected chi connectivity index (χ0v) is 9.28. The van der Waals surface area contributed by atoms with Crippen LogP contribution < -0.4 is 5.73 Å². The van der Waals surface area contributed by atoms with E-state index >= 15 is 0 Å². The number of primary amides is 1. The second-order valence-electron chi connectivity index (χ2n) is 3.28. The van der Waals surface area contributed by atoms with Crippen molar-refractivity contribution in [3.63, 3.8) is 0 Å². The van der Waals surface area contributed by atoms with Crippen LogP contribution in [0.5, 0.6) is 0 Å². The second-order valence-corrected chi connectivity index (χ2v) is 4.58. The first-order chi connectivity index (χ1) is 6.52. The molecule has 5 nitrogen and oxygen atoms in total. The number of aromatic nitrogens is 3. The summed E-state index contributed by atoms with van der Waals surface area (Å²) in [4.78, 5) is 10.9. The number of nitrogens with zero attached hydrogens (tertiary/aromatic N) is 3. The summed E-state index contributed by atoms with van der Waals surface area (Å²) in [5, 5.41) is 8.17. The average molecular weight is 214 g/mol. The molecule has 0 radical (unpaired) electrons. The van der Waals surface area contributed by atoms with Crippen LogP contribution in [0, 0.1) is 0 Å². The molecule has 0 spiro atoms. The molecule has 0 fully saturated rings. The van der Waals surface area contributed by atoms with E-state index < -0.39 is 0 Å². The predicted octanol–water partition coefficient (Wildman–Crippen LogP) is 0.825. The number of hydrogen-bond acceptors (Lipinski definition) is 4. The molecule has 0 aliphatic heterocycles. The molecule has 1 heterocycles. The van der Waals surface area contributed by atoms with E-state index in [1.54, 1.807) is 13.3 Å². The maximum Gasteiger partial charge on any atom is 0.230 e. The predicted molar refractivity (Wildman–Crippen MR) is 54.9 cm³/mol. The van der Waals surface area contributed by atoms with Gasteiger partial charge in [-0.1, -0.05) is 11.8 Å². The van der Waals surface area contributed by atoms with E-state index in [-0.39, 0.29) is 17.2 Å². The first kappa shape index (κ1) is 11.0. The lowest BCUT2D eigenvalue weighted by Crippen LogP contribution is -2.23. The number of carbonyl (C=O) groups excluding carboxylic acids is 1. The standard InChI is InChI=1S/C8H14N4OS/c1-5(2)12-4-10-11-8(12)14-6(3)7(9)13/h4-6H,1-3H3,(H2,9,13). The Kier molecular flexibility index (Phi) is 3.51. The Morgan fingerprint density at radius 3 is 2.71 bits per heavy atom. The van der Waals surface area contributed by atoms with Crippen LogP contribution >= 0.6 is 11.8 Å². The molecule has 14 heavy (non-hydrogen) atoms. The minimum atomic E-state index is -0.340. The minimum Gasteiger partial charge on any atom is -0.369 e. The quantitative estimate of drug-likeness (QED) is 0.753. The van der Waals surface area contributed by atoms with Gasteiger partial charge in [0.1, 0.15) is 6.33 Å². The van der Waals surface area contributed by atoms with Crippen LogP contribution in [0.25, 0.3) is 0 Å². The summed E-state index contributed by atoms with van der Waals surface area (Å²) >= 11 is 1.33. The van der Waals surface area contributed by atoms with E-state index in [0.29, 0.717) is 0 Å². The molecule has 6 heteroatoms. The van der Waals surface area contributed by atoms with Gasteiger partial charge in [0.15, 0.2) is 5.16 Å². The topological polar surface area (TPSA) is 73.8 Å². The van der Waals surface area contributed by atoms with Gasteiger partial charge in [-0.2, -0.15) is 0 Å². The van der Waals surface area contributed by atoms with Crippen molar-refractivity contribution in [3.05, 3.63) is 6.33 Å². The third-order valence-electron chi connectivity index (χ3n) is 1.78. The monoisotopic (exact) mass is 214 g/mol. The Bertz CT molecular complexity index is 323.